The second kappa shape index (κ2) is 6.29. The van der Waals surface area contributed by atoms with Crippen LogP contribution in [0.4, 0.5) is 0 Å². The summed E-state index contributed by atoms with van der Waals surface area (Å²) in [6.45, 7) is 1.44. The molecule has 2 aromatic carbocycles. The Morgan fingerprint density at radius 1 is 0.947 bits per heavy atom. The quantitative estimate of drug-likeness (QED) is 0.756. The standard InChI is InChI=1S/C14H8Cl3O2/c15-11-7-6-10(12(16)13(11)17)14(19-8-18)9-4-2-1-3-5-9/h1-7,14H. The van der Waals surface area contributed by atoms with Gasteiger partial charge in [0, 0.05) is 5.56 Å². The highest BCUT2D eigenvalue weighted by atomic mass is 35.5. The van der Waals surface area contributed by atoms with Gasteiger partial charge in [0.25, 0.3) is 0 Å². The second-order valence-electron chi connectivity index (χ2n) is 3.76. The average Bonchev–Trinajstić information content (AvgIpc) is 2.44. The molecular formula is C14H8Cl3O2. The van der Waals surface area contributed by atoms with Crippen molar-refractivity contribution in [3.63, 3.8) is 0 Å². The van der Waals surface area contributed by atoms with E-state index in [0.29, 0.717) is 10.6 Å². The van der Waals surface area contributed by atoms with E-state index in [2.05, 4.69) is 0 Å². The number of halogens is 3. The van der Waals surface area contributed by atoms with Gasteiger partial charge in [0.05, 0.1) is 15.1 Å². The average molecular weight is 315 g/mol. The van der Waals surface area contributed by atoms with Crippen LogP contribution in [-0.2, 0) is 9.53 Å². The van der Waals surface area contributed by atoms with Gasteiger partial charge in [-0.25, -0.2) is 4.79 Å². The van der Waals surface area contributed by atoms with Crippen molar-refractivity contribution < 1.29 is 9.53 Å². The van der Waals surface area contributed by atoms with Crippen LogP contribution in [0.3, 0.4) is 0 Å². The molecule has 2 rings (SSSR count). The van der Waals surface area contributed by atoms with Crippen LogP contribution in [0, 0.1) is 0 Å². The fourth-order valence-electron chi connectivity index (χ4n) is 1.73. The Kier molecular flexibility index (Phi) is 4.70. The molecule has 0 N–H and O–H groups in total. The fourth-order valence-corrected chi connectivity index (χ4v) is 2.37. The van der Waals surface area contributed by atoms with Gasteiger partial charge in [-0.15, -0.1) is 0 Å². The van der Waals surface area contributed by atoms with E-state index < -0.39 is 6.10 Å². The summed E-state index contributed by atoms with van der Waals surface area (Å²) in [5.41, 5.74) is 1.33. The van der Waals surface area contributed by atoms with E-state index in [-0.39, 0.29) is 10.0 Å². The minimum atomic E-state index is -0.666. The molecule has 0 saturated carbocycles. The molecule has 19 heavy (non-hydrogen) atoms. The first-order valence-electron chi connectivity index (χ1n) is 5.36. The van der Waals surface area contributed by atoms with Crippen molar-refractivity contribution in [2.75, 3.05) is 0 Å². The lowest BCUT2D eigenvalue weighted by atomic mass is 10.0. The topological polar surface area (TPSA) is 26.3 Å². The molecule has 0 bridgehead atoms. The lowest BCUT2D eigenvalue weighted by molar-refractivity contribution is 0.216. The Morgan fingerprint density at radius 3 is 2.26 bits per heavy atom. The predicted molar refractivity (Wildman–Crippen MR) is 76.5 cm³/mol. The zero-order chi connectivity index (χ0) is 13.8. The zero-order valence-corrected chi connectivity index (χ0v) is 11.8. The highest BCUT2D eigenvalue weighted by Gasteiger charge is 2.21. The van der Waals surface area contributed by atoms with Crippen molar-refractivity contribution in [2.24, 2.45) is 0 Å². The third-order valence-electron chi connectivity index (χ3n) is 2.62. The molecule has 1 atom stereocenters. The molecule has 0 amide bonds. The van der Waals surface area contributed by atoms with Gasteiger partial charge in [-0.2, -0.15) is 0 Å². The fraction of sp³-hybridized carbons (Fsp3) is 0.0714. The van der Waals surface area contributed by atoms with Gasteiger partial charge >= 0.3 is 6.47 Å². The molecule has 2 nitrogen and oxygen atoms in total. The monoisotopic (exact) mass is 313 g/mol. The first-order chi connectivity index (χ1) is 9.15. The van der Waals surface area contributed by atoms with Crippen LogP contribution >= 0.6 is 34.8 Å². The van der Waals surface area contributed by atoms with Crippen molar-refractivity contribution in [3.8, 4) is 0 Å². The van der Waals surface area contributed by atoms with Crippen LogP contribution in [0.15, 0.2) is 42.5 Å². The number of hydrogen-bond donors (Lipinski definition) is 0. The van der Waals surface area contributed by atoms with Crippen molar-refractivity contribution in [2.45, 2.75) is 6.10 Å². The molecule has 97 valence electrons. The summed E-state index contributed by atoms with van der Waals surface area (Å²) >= 11 is 18.0. The SMILES string of the molecule is O=[C]OC(c1ccccc1)c1ccc(Cl)c(Cl)c1Cl. The molecule has 0 saturated heterocycles. The molecule has 0 fully saturated rings. The summed E-state index contributed by atoms with van der Waals surface area (Å²) in [6.07, 6.45) is -0.666. The van der Waals surface area contributed by atoms with Gasteiger partial charge in [-0.05, 0) is 11.6 Å². The molecule has 0 aliphatic rings. The van der Waals surface area contributed by atoms with E-state index >= 15 is 0 Å². The van der Waals surface area contributed by atoms with E-state index in [1.54, 1.807) is 12.1 Å². The molecule has 1 unspecified atom stereocenters. The van der Waals surface area contributed by atoms with Crippen LogP contribution < -0.4 is 0 Å². The molecule has 5 heteroatoms. The third-order valence-corrected chi connectivity index (χ3v) is 3.92. The summed E-state index contributed by atoms with van der Waals surface area (Å²) in [5, 5.41) is 0.840. The first-order valence-corrected chi connectivity index (χ1v) is 6.49. The summed E-state index contributed by atoms with van der Waals surface area (Å²) < 4.78 is 5.00. The molecule has 1 radical (unpaired) electrons. The number of carbonyl (C=O) groups excluding carboxylic acids is 1. The minimum Gasteiger partial charge on any atom is -0.444 e. The second-order valence-corrected chi connectivity index (χ2v) is 4.92. The summed E-state index contributed by atoms with van der Waals surface area (Å²) in [7, 11) is 0. The maximum Gasteiger partial charge on any atom is 0.418 e. The Labute approximate surface area is 125 Å². The minimum absolute atomic E-state index is 0.233. The molecule has 0 spiro atoms. The van der Waals surface area contributed by atoms with Gasteiger partial charge in [-0.3, -0.25) is 0 Å². The number of ether oxygens (including phenoxy) is 1. The number of rotatable bonds is 4. The van der Waals surface area contributed by atoms with Crippen LogP contribution in [0.25, 0.3) is 0 Å². The Hall–Kier alpha value is -1.22. The van der Waals surface area contributed by atoms with Gasteiger partial charge in [-0.1, -0.05) is 71.2 Å². The number of benzene rings is 2. The summed E-state index contributed by atoms with van der Waals surface area (Å²) in [6, 6.07) is 12.5. The Bertz CT molecular complexity index is 585. The molecule has 0 aliphatic heterocycles. The van der Waals surface area contributed by atoms with Gasteiger partial charge in [0.15, 0.2) is 6.10 Å². The van der Waals surface area contributed by atoms with E-state index in [1.165, 1.54) is 6.47 Å². The maximum absolute atomic E-state index is 10.6. The lowest BCUT2D eigenvalue weighted by Crippen LogP contribution is -2.06. The predicted octanol–water partition coefficient (Wildman–Crippen LogP) is 4.82. The maximum atomic E-state index is 10.6. The van der Waals surface area contributed by atoms with Crippen LogP contribution in [0.1, 0.15) is 17.2 Å². The van der Waals surface area contributed by atoms with Gasteiger partial charge < -0.3 is 4.74 Å². The van der Waals surface area contributed by atoms with Crippen LogP contribution in [0.5, 0.6) is 0 Å². The smallest absolute Gasteiger partial charge is 0.418 e. The van der Waals surface area contributed by atoms with Crippen LogP contribution in [0.2, 0.25) is 15.1 Å². The molecule has 0 aromatic heterocycles. The van der Waals surface area contributed by atoms with Gasteiger partial charge in [0.2, 0.25) is 0 Å². The lowest BCUT2D eigenvalue weighted by Gasteiger charge is -2.17. The summed E-state index contributed by atoms with van der Waals surface area (Å²) in [5.74, 6) is 0. The van der Waals surface area contributed by atoms with Crippen molar-refractivity contribution in [1.82, 2.24) is 0 Å². The van der Waals surface area contributed by atoms with Gasteiger partial charge in [0.1, 0.15) is 0 Å². The van der Waals surface area contributed by atoms with Crippen LogP contribution in [-0.4, -0.2) is 6.47 Å². The molecular weight excluding hydrogens is 307 g/mol. The molecule has 0 aliphatic carbocycles. The summed E-state index contributed by atoms with van der Waals surface area (Å²) in [4.78, 5) is 10.6. The van der Waals surface area contributed by atoms with E-state index in [1.807, 2.05) is 30.3 Å². The Balaban J connectivity index is 2.51. The van der Waals surface area contributed by atoms with Crippen molar-refractivity contribution in [1.29, 1.82) is 0 Å². The third kappa shape index (κ3) is 3.03. The van der Waals surface area contributed by atoms with E-state index in [0.717, 1.165) is 5.56 Å². The molecule has 0 heterocycles. The van der Waals surface area contributed by atoms with E-state index in [4.69, 9.17) is 39.5 Å². The van der Waals surface area contributed by atoms with Crippen molar-refractivity contribution in [3.05, 3.63) is 68.7 Å². The zero-order valence-electron chi connectivity index (χ0n) is 9.57. The Morgan fingerprint density at radius 2 is 1.63 bits per heavy atom. The van der Waals surface area contributed by atoms with E-state index in [9.17, 15) is 4.79 Å². The first kappa shape index (κ1) is 14.2. The normalized spacial score (nSPS) is 11.9. The van der Waals surface area contributed by atoms with Crippen molar-refractivity contribution >= 4 is 41.3 Å². The largest absolute Gasteiger partial charge is 0.444 e. The molecule has 2 aromatic rings. The highest BCUT2D eigenvalue weighted by molar-refractivity contribution is 6.48. The number of hydrogen-bond acceptors (Lipinski definition) is 2. The highest BCUT2D eigenvalue weighted by Crippen LogP contribution is 2.38.